The van der Waals surface area contributed by atoms with Gasteiger partial charge in [0.05, 0.1) is 12.2 Å². The molecule has 3 rings (SSSR count). The van der Waals surface area contributed by atoms with Crippen LogP contribution in [0.4, 0.5) is 0 Å². The van der Waals surface area contributed by atoms with Crippen molar-refractivity contribution in [3.8, 4) is 0 Å². The highest BCUT2D eigenvalue weighted by atomic mass is 32.1. The molecule has 2 fully saturated rings. The molecule has 122 valence electrons. The Hall–Kier alpha value is -0.980. The summed E-state index contributed by atoms with van der Waals surface area (Å²) in [7, 11) is 0. The van der Waals surface area contributed by atoms with Crippen LogP contribution in [0, 0.1) is 6.92 Å². The van der Waals surface area contributed by atoms with Crippen LogP contribution in [0.1, 0.15) is 40.1 Å². The molecule has 0 aliphatic carbocycles. The summed E-state index contributed by atoms with van der Waals surface area (Å²) in [5.41, 5.74) is 0.905. The first-order valence-corrected chi connectivity index (χ1v) is 9.19. The van der Waals surface area contributed by atoms with Crippen molar-refractivity contribution < 1.29 is 4.79 Å². The Morgan fingerprint density at radius 2 is 1.77 bits per heavy atom. The van der Waals surface area contributed by atoms with Crippen molar-refractivity contribution >= 4 is 17.2 Å². The van der Waals surface area contributed by atoms with E-state index in [2.05, 4.69) is 21.7 Å². The second-order valence-electron chi connectivity index (χ2n) is 6.23. The third-order valence-corrected chi connectivity index (χ3v) is 5.83. The minimum atomic E-state index is 0.179. The summed E-state index contributed by atoms with van der Waals surface area (Å²) >= 11 is 1.60. The molecule has 2 aliphatic heterocycles. The summed E-state index contributed by atoms with van der Waals surface area (Å²) in [6.45, 7) is 12.1. The molecule has 0 unspecified atom stereocenters. The number of piperazine rings is 1. The number of nitrogens with zero attached hydrogens (tertiary/aromatic N) is 4. The molecule has 0 spiro atoms. The number of hydrogen-bond donors (Lipinski definition) is 0. The fourth-order valence-corrected chi connectivity index (χ4v) is 4.34. The van der Waals surface area contributed by atoms with Gasteiger partial charge < -0.3 is 9.80 Å². The van der Waals surface area contributed by atoms with Crippen molar-refractivity contribution in [1.82, 2.24) is 19.7 Å². The van der Waals surface area contributed by atoms with E-state index in [4.69, 9.17) is 0 Å². The van der Waals surface area contributed by atoms with Gasteiger partial charge >= 0.3 is 0 Å². The molecule has 2 saturated heterocycles. The molecule has 5 nitrogen and oxygen atoms in total. The second-order valence-corrected chi connectivity index (χ2v) is 7.32. The molecule has 1 amide bonds. The Balaban J connectivity index is 1.63. The molecule has 1 aromatic heterocycles. The van der Waals surface area contributed by atoms with Crippen LogP contribution in [0.5, 0.6) is 0 Å². The quantitative estimate of drug-likeness (QED) is 0.848. The Labute approximate surface area is 136 Å². The molecule has 0 bridgehead atoms. The molecule has 0 aromatic carbocycles. The zero-order chi connectivity index (χ0) is 15.5. The minimum absolute atomic E-state index is 0.179. The van der Waals surface area contributed by atoms with E-state index in [0.717, 1.165) is 54.8 Å². The summed E-state index contributed by atoms with van der Waals surface area (Å²) in [4.78, 5) is 25.0. The lowest BCUT2D eigenvalue weighted by atomic mass is 10.2. The van der Waals surface area contributed by atoms with Crippen LogP contribution < -0.4 is 0 Å². The van der Waals surface area contributed by atoms with E-state index in [-0.39, 0.29) is 5.91 Å². The molecular weight excluding hydrogens is 296 g/mol. The zero-order valence-electron chi connectivity index (χ0n) is 13.7. The number of hydrogen-bond acceptors (Lipinski definition) is 5. The van der Waals surface area contributed by atoms with Crippen LogP contribution in [-0.2, 0) is 6.54 Å². The minimum Gasteiger partial charge on any atom is -0.335 e. The van der Waals surface area contributed by atoms with Crippen molar-refractivity contribution in [1.29, 1.82) is 0 Å². The van der Waals surface area contributed by atoms with Crippen molar-refractivity contribution in [2.75, 3.05) is 45.8 Å². The highest BCUT2D eigenvalue weighted by Crippen LogP contribution is 2.23. The third kappa shape index (κ3) is 3.50. The van der Waals surface area contributed by atoms with Gasteiger partial charge in [-0.1, -0.05) is 6.92 Å². The van der Waals surface area contributed by atoms with E-state index in [1.807, 2.05) is 11.8 Å². The van der Waals surface area contributed by atoms with Gasteiger partial charge in [-0.2, -0.15) is 0 Å². The smallest absolute Gasteiger partial charge is 0.265 e. The first-order chi connectivity index (χ1) is 10.7. The molecule has 2 aliphatic rings. The monoisotopic (exact) mass is 322 g/mol. The molecule has 6 heteroatoms. The molecule has 3 heterocycles. The van der Waals surface area contributed by atoms with Crippen molar-refractivity contribution in [2.45, 2.75) is 33.2 Å². The number of aromatic nitrogens is 1. The molecule has 1 aromatic rings. The van der Waals surface area contributed by atoms with Gasteiger partial charge in [-0.15, -0.1) is 11.3 Å². The van der Waals surface area contributed by atoms with Crippen LogP contribution in [0.3, 0.4) is 0 Å². The Bertz CT molecular complexity index is 516. The number of amides is 1. The highest BCUT2D eigenvalue weighted by molar-refractivity contribution is 7.13. The standard InChI is InChI=1S/C16H26N4OS/c1-3-18-8-10-20(11-9-18)16(21)15-13(2)17-14(22-15)12-19-6-4-5-7-19/h3-12H2,1-2H3. The lowest BCUT2D eigenvalue weighted by Crippen LogP contribution is -2.48. The van der Waals surface area contributed by atoms with Crippen LogP contribution in [0.25, 0.3) is 0 Å². The van der Waals surface area contributed by atoms with Gasteiger partial charge in [-0.25, -0.2) is 4.98 Å². The average Bonchev–Trinajstić information content (AvgIpc) is 3.17. The fourth-order valence-electron chi connectivity index (χ4n) is 3.26. The van der Waals surface area contributed by atoms with E-state index in [1.165, 1.54) is 25.9 Å². The van der Waals surface area contributed by atoms with E-state index in [0.29, 0.717) is 0 Å². The predicted octanol–water partition coefficient (Wildman–Crippen LogP) is 1.83. The van der Waals surface area contributed by atoms with Crippen molar-refractivity contribution in [2.24, 2.45) is 0 Å². The average molecular weight is 322 g/mol. The third-order valence-electron chi connectivity index (χ3n) is 4.70. The Morgan fingerprint density at radius 3 is 2.41 bits per heavy atom. The number of thiazole rings is 1. The van der Waals surface area contributed by atoms with Crippen LogP contribution in [0.15, 0.2) is 0 Å². The van der Waals surface area contributed by atoms with Gasteiger partial charge in [-0.05, 0) is 39.4 Å². The number of likely N-dealkylation sites (tertiary alicyclic amines) is 1. The lowest BCUT2D eigenvalue weighted by Gasteiger charge is -2.33. The second kappa shape index (κ2) is 7.06. The van der Waals surface area contributed by atoms with E-state index >= 15 is 0 Å². The first kappa shape index (κ1) is 15.9. The number of carbonyl (C=O) groups is 1. The molecule has 0 atom stereocenters. The predicted molar refractivity (Wildman–Crippen MR) is 89.4 cm³/mol. The summed E-state index contributed by atoms with van der Waals surface area (Å²) in [5.74, 6) is 0.179. The zero-order valence-corrected chi connectivity index (χ0v) is 14.5. The van der Waals surface area contributed by atoms with Gasteiger partial charge in [0.2, 0.25) is 0 Å². The SMILES string of the molecule is CCN1CCN(C(=O)c2sc(CN3CCCC3)nc2C)CC1. The Morgan fingerprint density at radius 1 is 1.09 bits per heavy atom. The maximum atomic E-state index is 12.7. The molecular formula is C16H26N4OS. The number of likely N-dealkylation sites (N-methyl/N-ethyl adjacent to an activating group) is 1. The van der Waals surface area contributed by atoms with Gasteiger partial charge in [0.15, 0.2) is 0 Å². The van der Waals surface area contributed by atoms with Gasteiger partial charge in [0.1, 0.15) is 9.88 Å². The fraction of sp³-hybridized carbons (Fsp3) is 0.750. The van der Waals surface area contributed by atoms with Gasteiger partial charge in [0, 0.05) is 26.2 Å². The normalized spacial score (nSPS) is 20.7. The van der Waals surface area contributed by atoms with Crippen LogP contribution in [0.2, 0.25) is 0 Å². The Kier molecular flexibility index (Phi) is 5.10. The summed E-state index contributed by atoms with van der Waals surface area (Å²) < 4.78 is 0. The molecule has 0 N–H and O–H groups in total. The highest BCUT2D eigenvalue weighted by Gasteiger charge is 2.25. The van der Waals surface area contributed by atoms with E-state index in [9.17, 15) is 4.79 Å². The number of carbonyl (C=O) groups excluding carboxylic acids is 1. The maximum absolute atomic E-state index is 12.7. The van der Waals surface area contributed by atoms with Crippen LogP contribution >= 0.6 is 11.3 Å². The summed E-state index contributed by atoms with van der Waals surface area (Å²) in [6.07, 6.45) is 2.58. The van der Waals surface area contributed by atoms with Gasteiger partial charge in [-0.3, -0.25) is 9.69 Å². The van der Waals surface area contributed by atoms with Gasteiger partial charge in [0.25, 0.3) is 5.91 Å². The van der Waals surface area contributed by atoms with Crippen molar-refractivity contribution in [3.05, 3.63) is 15.6 Å². The van der Waals surface area contributed by atoms with Crippen molar-refractivity contribution in [3.63, 3.8) is 0 Å². The number of aryl methyl sites for hydroxylation is 1. The molecule has 22 heavy (non-hydrogen) atoms. The van der Waals surface area contributed by atoms with E-state index in [1.54, 1.807) is 11.3 Å². The largest absolute Gasteiger partial charge is 0.335 e. The molecule has 0 saturated carbocycles. The summed E-state index contributed by atoms with van der Waals surface area (Å²) in [6, 6.07) is 0. The molecule has 0 radical (unpaired) electrons. The van der Waals surface area contributed by atoms with E-state index < -0.39 is 0 Å². The maximum Gasteiger partial charge on any atom is 0.265 e. The summed E-state index contributed by atoms with van der Waals surface area (Å²) in [5, 5.41) is 1.09. The lowest BCUT2D eigenvalue weighted by molar-refractivity contribution is 0.0647. The van der Waals surface area contributed by atoms with Crippen LogP contribution in [-0.4, -0.2) is 71.4 Å². The number of rotatable bonds is 4. The topological polar surface area (TPSA) is 39.7 Å². The first-order valence-electron chi connectivity index (χ1n) is 8.37.